The summed E-state index contributed by atoms with van der Waals surface area (Å²) in [5, 5.41) is 11.8. The molecule has 4 aromatic rings. The zero-order valence-electron chi connectivity index (χ0n) is 26.2. The number of H-pyrrole nitrogens is 1. The predicted octanol–water partition coefficient (Wildman–Crippen LogP) is 4.21. The number of nitrogens with one attached hydrogen (secondary N) is 2. The second-order valence-corrected chi connectivity index (χ2v) is 12.4. The van der Waals surface area contributed by atoms with Gasteiger partial charge in [0.05, 0.1) is 30.7 Å². The first kappa shape index (κ1) is 30.1. The van der Waals surface area contributed by atoms with Crippen molar-refractivity contribution in [2.75, 3.05) is 69.2 Å². The summed E-state index contributed by atoms with van der Waals surface area (Å²) in [7, 11) is 0. The number of amides is 2. The summed E-state index contributed by atoms with van der Waals surface area (Å²) >= 11 is 0. The van der Waals surface area contributed by atoms with Crippen LogP contribution in [-0.4, -0.2) is 101 Å². The van der Waals surface area contributed by atoms with Crippen molar-refractivity contribution in [3.63, 3.8) is 0 Å². The van der Waals surface area contributed by atoms with E-state index in [1.165, 1.54) is 5.57 Å². The molecule has 0 spiro atoms. The Morgan fingerprint density at radius 1 is 1.00 bits per heavy atom. The van der Waals surface area contributed by atoms with E-state index in [1.54, 1.807) is 12.4 Å². The van der Waals surface area contributed by atoms with Crippen LogP contribution in [0.1, 0.15) is 31.7 Å². The number of fused-ring (bicyclic) bond motifs is 1. The maximum atomic E-state index is 13.7. The highest BCUT2D eigenvalue weighted by Gasteiger charge is 2.43. The number of aromatic nitrogens is 4. The lowest BCUT2D eigenvalue weighted by Crippen LogP contribution is -2.43. The average molecular weight is 621 g/mol. The van der Waals surface area contributed by atoms with E-state index >= 15 is 0 Å². The molecule has 2 N–H and O–H groups in total. The normalized spacial score (nSPS) is 20.6. The predicted molar refractivity (Wildman–Crippen MR) is 178 cm³/mol. The van der Waals surface area contributed by atoms with Crippen molar-refractivity contribution in [2.24, 2.45) is 5.41 Å². The number of aromatic amines is 1. The molecule has 2 aromatic carbocycles. The lowest BCUT2D eigenvalue weighted by molar-refractivity contribution is -0.132. The van der Waals surface area contributed by atoms with Gasteiger partial charge in [-0.3, -0.25) is 19.6 Å². The number of rotatable bonds is 8. The van der Waals surface area contributed by atoms with Gasteiger partial charge in [0.2, 0.25) is 11.8 Å². The largest absolute Gasteiger partial charge is 0.378 e. The number of carbonyl (C=O) groups excluding carboxylic acids is 2. The molecule has 5 heterocycles. The minimum Gasteiger partial charge on any atom is -0.378 e. The minimum atomic E-state index is -0.537. The molecule has 0 radical (unpaired) electrons. The summed E-state index contributed by atoms with van der Waals surface area (Å²) in [4.78, 5) is 42.0. The van der Waals surface area contributed by atoms with Gasteiger partial charge in [-0.25, -0.2) is 9.97 Å². The van der Waals surface area contributed by atoms with Gasteiger partial charge in [-0.1, -0.05) is 37.3 Å². The number of benzene rings is 2. The maximum Gasteiger partial charge on any atom is 0.237 e. The summed E-state index contributed by atoms with van der Waals surface area (Å²) in [5.74, 6) is 1.72. The van der Waals surface area contributed by atoms with E-state index in [0.717, 1.165) is 66.0 Å². The fourth-order valence-corrected chi connectivity index (χ4v) is 6.82. The van der Waals surface area contributed by atoms with Gasteiger partial charge in [-0.2, -0.15) is 5.10 Å². The molecule has 1 atom stereocenters. The van der Waals surface area contributed by atoms with E-state index in [1.807, 2.05) is 41.3 Å². The first-order chi connectivity index (χ1) is 22.5. The summed E-state index contributed by atoms with van der Waals surface area (Å²) in [6, 6.07) is 16.0. The van der Waals surface area contributed by atoms with E-state index < -0.39 is 5.41 Å². The molecule has 46 heavy (non-hydrogen) atoms. The summed E-state index contributed by atoms with van der Waals surface area (Å²) in [6.07, 6.45) is 7.89. The molecule has 0 bridgehead atoms. The van der Waals surface area contributed by atoms with E-state index in [0.29, 0.717) is 51.6 Å². The Bertz CT molecular complexity index is 1730. The molecule has 3 aliphatic rings. The standard InChI is InChI=1S/C35H40N8O3/c1-2-35(34(45)38-28-8-9-30-29(22-28)33(40-39-30)43-18-20-46-21-19-43)12-17-41(24-35)23-31(44)42-15-10-26(11-16-42)25-4-6-27(7-5-25)32-36-13-3-14-37-32/h3-10,13-14,22H,2,11-12,15-21,23-24H2,1H3,(H,38,45)(H,39,40)/t35-/m1/s1. The van der Waals surface area contributed by atoms with E-state index in [9.17, 15) is 9.59 Å². The monoisotopic (exact) mass is 620 g/mol. The van der Waals surface area contributed by atoms with Crippen LogP contribution in [0, 0.1) is 5.41 Å². The molecule has 3 aliphatic heterocycles. The van der Waals surface area contributed by atoms with Crippen molar-refractivity contribution in [1.82, 2.24) is 30.0 Å². The number of ether oxygens (including phenoxy) is 1. The van der Waals surface area contributed by atoms with Crippen LogP contribution in [0.2, 0.25) is 0 Å². The molecule has 2 amide bonds. The molecule has 7 rings (SSSR count). The topological polar surface area (TPSA) is 120 Å². The first-order valence-electron chi connectivity index (χ1n) is 16.2. The Morgan fingerprint density at radius 3 is 2.52 bits per heavy atom. The zero-order chi connectivity index (χ0) is 31.5. The van der Waals surface area contributed by atoms with Crippen LogP contribution in [0.5, 0.6) is 0 Å². The van der Waals surface area contributed by atoms with Crippen molar-refractivity contribution in [2.45, 2.75) is 26.2 Å². The van der Waals surface area contributed by atoms with Crippen LogP contribution in [0.25, 0.3) is 27.9 Å². The number of anilines is 2. The molecule has 2 saturated heterocycles. The second kappa shape index (κ2) is 13.0. The average Bonchev–Trinajstić information content (AvgIpc) is 3.74. The number of morpholine rings is 1. The van der Waals surface area contributed by atoms with Crippen LogP contribution < -0.4 is 10.2 Å². The molecule has 2 aromatic heterocycles. The van der Waals surface area contributed by atoms with Gasteiger partial charge < -0.3 is 19.9 Å². The van der Waals surface area contributed by atoms with Gasteiger partial charge in [0, 0.05) is 61.8 Å². The Hall–Kier alpha value is -4.61. The highest BCUT2D eigenvalue weighted by molar-refractivity contribution is 5.99. The summed E-state index contributed by atoms with van der Waals surface area (Å²) < 4.78 is 5.50. The fraction of sp³-hybridized carbons (Fsp3) is 0.400. The van der Waals surface area contributed by atoms with Crippen LogP contribution in [0.15, 0.2) is 67.0 Å². The number of hydrogen-bond acceptors (Lipinski definition) is 8. The zero-order valence-corrected chi connectivity index (χ0v) is 26.2. The van der Waals surface area contributed by atoms with Gasteiger partial charge in [-0.15, -0.1) is 0 Å². The molecule has 0 unspecified atom stereocenters. The van der Waals surface area contributed by atoms with Crippen molar-refractivity contribution < 1.29 is 14.3 Å². The van der Waals surface area contributed by atoms with Crippen LogP contribution in [0.4, 0.5) is 11.5 Å². The van der Waals surface area contributed by atoms with Crippen molar-refractivity contribution in [3.05, 3.63) is 72.6 Å². The van der Waals surface area contributed by atoms with Crippen molar-refractivity contribution >= 4 is 39.8 Å². The molecular weight excluding hydrogens is 580 g/mol. The Morgan fingerprint density at radius 2 is 1.78 bits per heavy atom. The van der Waals surface area contributed by atoms with Gasteiger partial charge in [0.15, 0.2) is 11.6 Å². The Labute approximate surface area is 268 Å². The van der Waals surface area contributed by atoms with Crippen LogP contribution >= 0.6 is 0 Å². The van der Waals surface area contributed by atoms with Gasteiger partial charge in [0.25, 0.3) is 0 Å². The lowest BCUT2D eigenvalue weighted by Gasteiger charge is -2.30. The third-order valence-electron chi connectivity index (χ3n) is 9.70. The molecule has 0 aliphatic carbocycles. The number of likely N-dealkylation sites (tertiary alicyclic amines) is 1. The first-order valence-corrected chi connectivity index (χ1v) is 16.2. The molecule has 11 heteroatoms. The third kappa shape index (κ3) is 6.12. The van der Waals surface area contributed by atoms with Crippen LogP contribution in [-0.2, 0) is 14.3 Å². The van der Waals surface area contributed by atoms with Gasteiger partial charge >= 0.3 is 0 Å². The van der Waals surface area contributed by atoms with Crippen molar-refractivity contribution in [3.8, 4) is 11.4 Å². The number of hydrogen-bond donors (Lipinski definition) is 2. The minimum absolute atomic E-state index is 0.0103. The second-order valence-electron chi connectivity index (χ2n) is 12.4. The molecular formula is C35H40N8O3. The van der Waals surface area contributed by atoms with Gasteiger partial charge in [0.1, 0.15) is 0 Å². The van der Waals surface area contributed by atoms with Gasteiger partial charge in [-0.05, 0) is 61.2 Å². The third-order valence-corrected chi connectivity index (χ3v) is 9.70. The highest BCUT2D eigenvalue weighted by atomic mass is 16.5. The fourth-order valence-electron chi connectivity index (χ4n) is 6.82. The molecule has 2 fully saturated rings. The highest BCUT2D eigenvalue weighted by Crippen LogP contribution is 2.36. The van der Waals surface area contributed by atoms with E-state index in [-0.39, 0.29) is 11.8 Å². The van der Waals surface area contributed by atoms with E-state index in [2.05, 4.69) is 60.4 Å². The lowest BCUT2D eigenvalue weighted by atomic mass is 9.83. The Kier molecular flexibility index (Phi) is 8.51. The molecule has 0 saturated carbocycles. The smallest absolute Gasteiger partial charge is 0.237 e. The molecule has 11 nitrogen and oxygen atoms in total. The van der Waals surface area contributed by atoms with E-state index in [4.69, 9.17) is 4.74 Å². The Balaban J connectivity index is 0.947. The number of carbonyl (C=O) groups is 2. The SMILES string of the molecule is CC[C@@]1(C(=O)Nc2ccc3[nH]nc(N4CCOCC4)c3c2)CCN(CC(=O)N2CC=C(c3ccc(-c4ncccn4)cc3)CC2)C1. The van der Waals surface area contributed by atoms with Crippen LogP contribution in [0.3, 0.4) is 0 Å². The number of nitrogens with zero attached hydrogens (tertiary/aromatic N) is 6. The van der Waals surface area contributed by atoms with Crippen molar-refractivity contribution in [1.29, 1.82) is 0 Å². The quantitative estimate of drug-likeness (QED) is 0.301. The summed E-state index contributed by atoms with van der Waals surface area (Å²) in [5.41, 5.74) is 4.55. The summed E-state index contributed by atoms with van der Waals surface area (Å²) in [6.45, 7) is 7.90. The molecule has 238 valence electrons. The maximum absolute atomic E-state index is 13.7.